The number of pyridine rings is 1. The summed E-state index contributed by atoms with van der Waals surface area (Å²) in [5.74, 6) is 1.61. The highest BCUT2D eigenvalue weighted by molar-refractivity contribution is 9.10. The Bertz CT molecular complexity index is 573. The zero-order chi connectivity index (χ0) is 13.8. The lowest BCUT2D eigenvalue weighted by atomic mass is 10.3. The molecule has 0 radical (unpaired) electrons. The fourth-order valence-electron chi connectivity index (χ4n) is 1.81. The van der Waals surface area contributed by atoms with Gasteiger partial charge in [-0.15, -0.1) is 0 Å². The van der Waals surface area contributed by atoms with Crippen LogP contribution in [-0.2, 0) is 6.54 Å². The van der Waals surface area contributed by atoms with Crippen molar-refractivity contribution in [3.63, 3.8) is 0 Å². The van der Waals surface area contributed by atoms with E-state index in [1.165, 1.54) is 0 Å². The van der Waals surface area contributed by atoms with Crippen molar-refractivity contribution in [3.8, 4) is 0 Å². The van der Waals surface area contributed by atoms with Crippen LogP contribution in [0, 0.1) is 6.92 Å². The van der Waals surface area contributed by atoms with E-state index >= 15 is 0 Å². The number of aryl methyl sites for hydroxylation is 1. The molecule has 0 bridgehead atoms. The SMILES string of the molecule is CNc1ncnc(N(C)Cc2cccc(C)n2)c1Br. The van der Waals surface area contributed by atoms with Crippen LogP contribution < -0.4 is 10.2 Å². The number of hydrogen-bond acceptors (Lipinski definition) is 5. The highest BCUT2D eigenvalue weighted by Crippen LogP contribution is 2.28. The first-order chi connectivity index (χ1) is 9.11. The molecule has 100 valence electrons. The number of anilines is 2. The van der Waals surface area contributed by atoms with Crippen molar-refractivity contribution in [3.05, 3.63) is 40.4 Å². The molecule has 0 aromatic carbocycles. The molecule has 0 amide bonds. The molecule has 1 N–H and O–H groups in total. The lowest BCUT2D eigenvalue weighted by Crippen LogP contribution is -2.19. The van der Waals surface area contributed by atoms with Gasteiger partial charge in [-0.05, 0) is 35.0 Å². The Morgan fingerprint density at radius 1 is 1.32 bits per heavy atom. The summed E-state index contributed by atoms with van der Waals surface area (Å²) in [7, 11) is 3.82. The van der Waals surface area contributed by atoms with Gasteiger partial charge in [-0.1, -0.05) is 6.07 Å². The van der Waals surface area contributed by atoms with E-state index in [2.05, 4.69) is 36.2 Å². The fourth-order valence-corrected chi connectivity index (χ4v) is 2.51. The molecular formula is C13H16BrN5. The van der Waals surface area contributed by atoms with Crippen molar-refractivity contribution >= 4 is 27.6 Å². The van der Waals surface area contributed by atoms with Crippen LogP contribution in [0.1, 0.15) is 11.4 Å². The molecule has 0 aliphatic carbocycles. The molecule has 0 atom stereocenters. The Morgan fingerprint density at radius 3 is 2.79 bits per heavy atom. The number of nitrogens with zero attached hydrogens (tertiary/aromatic N) is 4. The van der Waals surface area contributed by atoms with Gasteiger partial charge in [0.05, 0.1) is 12.2 Å². The fraction of sp³-hybridized carbons (Fsp3) is 0.308. The summed E-state index contributed by atoms with van der Waals surface area (Å²) >= 11 is 3.52. The van der Waals surface area contributed by atoms with Gasteiger partial charge in [0.25, 0.3) is 0 Å². The van der Waals surface area contributed by atoms with Crippen LogP contribution >= 0.6 is 15.9 Å². The largest absolute Gasteiger partial charge is 0.372 e. The summed E-state index contributed by atoms with van der Waals surface area (Å²) in [5.41, 5.74) is 2.03. The van der Waals surface area contributed by atoms with E-state index in [0.717, 1.165) is 27.5 Å². The van der Waals surface area contributed by atoms with Crippen LogP contribution in [0.5, 0.6) is 0 Å². The van der Waals surface area contributed by atoms with Gasteiger partial charge in [0.1, 0.15) is 22.4 Å². The quantitative estimate of drug-likeness (QED) is 0.938. The van der Waals surface area contributed by atoms with Crippen LogP contribution in [0.4, 0.5) is 11.6 Å². The molecule has 0 saturated carbocycles. The summed E-state index contributed by atoms with van der Waals surface area (Å²) in [4.78, 5) is 15.0. The van der Waals surface area contributed by atoms with Crippen LogP contribution in [0.3, 0.4) is 0 Å². The molecule has 2 heterocycles. The highest BCUT2D eigenvalue weighted by Gasteiger charge is 2.12. The molecule has 0 aliphatic heterocycles. The number of halogens is 1. The topological polar surface area (TPSA) is 53.9 Å². The molecule has 2 rings (SSSR count). The summed E-state index contributed by atoms with van der Waals surface area (Å²) in [6.45, 7) is 2.68. The second-order valence-corrected chi connectivity index (χ2v) is 5.03. The second kappa shape index (κ2) is 5.97. The third-order valence-corrected chi connectivity index (χ3v) is 3.44. The second-order valence-electron chi connectivity index (χ2n) is 4.24. The van der Waals surface area contributed by atoms with Gasteiger partial charge in [0, 0.05) is 19.8 Å². The molecule has 19 heavy (non-hydrogen) atoms. The maximum Gasteiger partial charge on any atom is 0.148 e. The minimum atomic E-state index is 0.695. The van der Waals surface area contributed by atoms with Crippen molar-refractivity contribution in [2.75, 3.05) is 24.3 Å². The third-order valence-electron chi connectivity index (χ3n) is 2.71. The Morgan fingerprint density at radius 2 is 2.11 bits per heavy atom. The van der Waals surface area contributed by atoms with E-state index in [9.17, 15) is 0 Å². The van der Waals surface area contributed by atoms with E-state index in [0.29, 0.717) is 6.54 Å². The predicted molar refractivity (Wildman–Crippen MR) is 80.4 cm³/mol. The van der Waals surface area contributed by atoms with Crippen molar-refractivity contribution in [2.45, 2.75) is 13.5 Å². The highest BCUT2D eigenvalue weighted by atomic mass is 79.9. The molecule has 5 nitrogen and oxygen atoms in total. The molecule has 2 aromatic heterocycles. The number of hydrogen-bond donors (Lipinski definition) is 1. The van der Waals surface area contributed by atoms with Crippen molar-refractivity contribution in [2.24, 2.45) is 0 Å². The van der Waals surface area contributed by atoms with Crippen LogP contribution in [0.25, 0.3) is 0 Å². The summed E-state index contributed by atoms with van der Waals surface area (Å²) in [6, 6.07) is 6.01. The average Bonchev–Trinajstić information content (AvgIpc) is 2.39. The summed E-state index contributed by atoms with van der Waals surface area (Å²) < 4.78 is 0.854. The van der Waals surface area contributed by atoms with E-state index in [1.54, 1.807) is 6.33 Å². The van der Waals surface area contributed by atoms with Crippen LogP contribution in [-0.4, -0.2) is 29.0 Å². The molecule has 6 heteroatoms. The standard InChI is InChI=1S/C13H16BrN5/c1-9-5-4-6-10(18-9)7-19(3)13-11(14)12(15-2)16-8-17-13/h4-6,8H,7H2,1-3H3,(H,15,16,17). The molecule has 0 saturated heterocycles. The average molecular weight is 322 g/mol. The van der Waals surface area contributed by atoms with Gasteiger partial charge in [-0.2, -0.15) is 0 Å². The first-order valence-corrected chi connectivity index (χ1v) is 6.73. The first-order valence-electron chi connectivity index (χ1n) is 5.93. The zero-order valence-electron chi connectivity index (χ0n) is 11.2. The molecule has 0 spiro atoms. The maximum atomic E-state index is 4.49. The minimum Gasteiger partial charge on any atom is -0.372 e. The molecule has 2 aromatic rings. The maximum absolute atomic E-state index is 4.49. The Labute approximate surface area is 121 Å². The van der Waals surface area contributed by atoms with Gasteiger partial charge in [0.2, 0.25) is 0 Å². The van der Waals surface area contributed by atoms with Crippen molar-refractivity contribution in [1.29, 1.82) is 0 Å². The van der Waals surface area contributed by atoms with E-state index in [-0.39, 0.29) is 0 Å². The monoisotopic (exact) mass is 321 g/mol. The summed E-state index contributed by atoms with van der Waals surface area (Å²) in [5, 5.41) is 3.02. The number of rotatable bonds is 4. The van der Waals surface area contributed by atoms with Crippen LogP contribution in [0.15, 0.2) is 29.0 Å². The Hall–Kier alpha value is -1.69. The van der Waals surface area contributed by atoms with Gasteiger partial charge in [-0.3, -0.25) is 4.98 Å². The van der Waals surface area contributed by atoms with E-state index < -0.39 is 0 Å². The van der Waals surface area contributed by atoms with E-state index in [4.69, 9.17) is 0 Å². The Balaban J connectivity index is 2.23. The molecule has 0 unspecified atom stereocenters. The molecule has 0 fully saturated rings. The van der Waals surface area contributed by atoms with Crippen LogP contribution in [0.2, 0.25) is 0 Å². The van der Waals surface area contributed by atoms with Crippen molar-refractivity contribution in [1.82, 2.24) is 15.0 Å². The summed E-state index contributed by atoms with van der Waals surface area (Å²) in [6.07, 6.45) is 1.55. The van der Waals surface area contributed by atoms with Gasteiger partial charge < -0.3 is 10.2 Å². The number of nitrogens with one attached hydrogen (secondary N) is 1. The Kier molecular flexibility index (Phi) is 4.31. The third kappa shape index (κ3) is 3.20. The van der Waals surface area contributed by atoms with Crippen molar-refractivity contribution < 1.29 is 0 Å². The number of aromatic nitrogens is 3. The first kappa shape index (κ1) is 13.7. The molecule has 0 aliphatic rings. The van der Waals surface area contributed by atoms with E-state index in [1.807, 2.05) is 44.1 Å². The van der Waals surface area contributed by atoms with Gasteiger partial charge in [-0.25, -0.2) is 9.97 Å². The van der Waals surface area contributed by atoms with Gasteiger partial charge >= 0.3 is 0 Å². The van der Waals surface area contributed by atoms with Gasteiger partial charge in [0.15, 0.2) is 0 Å². The lowest BCUT2D eigenvalue weighted by Gasteiger charge is -2.20. The minimum absolute atomic E-state index is 0.695. The normalized spacial score (nSPS) is 10.3. The molecular weight excluding hydrogens is 306 g/mol. The predicted octanol–water partition coefficient (Wildman–Crippen LogP) is 2.62. The smallest absolute Gasteiger partial charge is 0.148 e. The lowest BCUT2D eigenvalue weighted by molar-refractivity contribution is 0.851. The zero-order valence-corrected chi connectivity index (χ0v) is 12.8.